The Hall–Kier alpha value is -3.56. The van der Waals surface area contributed by atoms with E-state index in [4.69, 9.17) is 4.74 Å². The number of nitrogens with zero attached hydrogens (tertiary/aromatic N) is 7. The first-order valence-corrected chi connectivity index (χ1v) is 9.10. The summed E-state index contributed by atoms with van der Waals surface area (Å²) in [5, 5.41) is 16.4. The second-order valence-corrected chi connectivity index (χ2v) is 6.63. The van der Waals surface area contributed by atoms with Crippen LogP contribution in [0.25, 0.3) is 17.0 Å². The molecule has 0 aliphatic heterocycles. The van der Waals surface area contributed by atoms with Gasteiger partial charge in [-0.2, -0.15) is 0 Å². The van der Waals surface area contributed by atoms with E-state index in [-0.39, 0.29) is 12.2 Å². The molecule has 156 valence electrons. The molecule has 0 atom stereocenters. The van der Waals surface area contributed by atoms with E-state index in [1.165, 1.54) is 12.1 Å². The van der Waals surface area contributed by atoms with E-state index < -0.39 is 6.43 Å². The smallest absolute Gasteiger partial charge is 0.265 e. The van der Waals surface area contributed by atoms with Crippen molar-refractivity contribution >= 4 is 11.8 Å². The Kier molecular flexibility index (Phi) is 6.55. The minimum Gasteiger partial charge on any atom is -0.470 e. The molecule has 10 heteroatoms. The maximum atomic E-state index is 12.7. The Morgan fingerprint density at radius 3 is 2.53 bits per heavy atom. The number of aliphatic imine (C=N–C) groups is 1. The number of alkyl halides is 2. The summed E-state index contributed by atoms with van der Waals surface area (Å²) in [6, 6.07) is 6.32. The van der Waals surface area contributed by atoms with Gasteiger partial charge in [0.2, 0.25) is 5.88 Å². The average molecular weight is 413 g/mol. The average Bonchev–Trinajstić information content (AvgIpc) is 3.11. The highest BCUT2D eigenvalue weighted by Gasteiger charge is 2.16. The molecule has 3 heterocycles. The molecule has 3 aromatic rings. The fraction of sp³-hybridized carbons (Fsp3) is 0.300. The van der Waals surface area contributed by atoms with Gasteiger partial charge in [0.1, 0.15) is 18.0 Å². The number of rotatable bonds is 7. The van der Waals surface area contributed by atoms with Crippen LogP contribution >= 0.6 is 0 Å². The van der Waals surface area contributed by atoms with E-state index in [0.29, 0.717) is 28.7 Å². The summed E-state index contributed by atoms with van der Waals surface area (Å²) < 4.78 is 32.8. The van der Waals surface area contributed by atoms with Crippen LogP contribution < -0.4 is 4.74 Å². The molecule has 0 fully saturated rings. The lowest BCUT2D eigenvalue weighted by atomic mass is 10.1. The molecule has 0 saturated heterocycles. The second-order valence-electron chi connectivity index (χ2n) is 6.63. The van der Waals surface area contributed by atoms with E-state index in [2.05, 4.69) is 30.5 Å². The van der Waals surface area contributed by atoms with Crippen LogP contribution in [0.3, 0.4) is 0 Å². The van der Waals surface area contributed by atoms with E-state index in [1.54, 1.807) is 37.1 Å². The summed E-state index contributed by atoms with van der Waals surface area (Å²) in [7, 11) is 3.41. The first-order valence-electron chi connectivity index (χ1n) is 9.10. The van der Waals surface area contributed by atoms with Gasteiger partial charge >= 0.3 is 0 Å². The van der Waals surface area contributed by atoms with Gasteiger partial charge in [-0.25, -0.2) is 13.5 Å². The van der Waals surface area contributed by atoms with Crippen LogP contribution in [0.4, 0.5) is 8.78 Å². The number of pyridine rings is 1. The molecular weight excluding hydrogens is 392 g/mol. The normalized spacial score (nSPS) is 11.3. The highest BCUT2D eigenvalue weighted by atomic mass is 19.3. The predicted octanol–water partition coefficient (Wildman–Crippen LogP) is 3.68. The van der Waals surface area contributed by atoms with Crippen molar-refractivity contribution in [3.63, 3.8) is 0 Å². The molecule has 0 amide bonds. The van der Waals surface area contributed by atoms with Crippen molar-refractivity contribution in [2.75, 3.05) is 7.05 Å². The van der Waals surface area contributed by atoms with Gasteiger partial charge in [-0.15, -0.1) is 15.3 Å². The van der Waals surface area contributed by atoms with E-state index in [1.807, 2.05) is 13.8 Å². The largest absolute Gasteiger partial charge is 0.470 e. The second kappa shape index (κ2) is 9.29. The molecule has 0 unspecified atom stereocenters. The lowest BCUT2D eigenvalue weighted by Crippen LogP contribution is -2.06. The maximum absolute atomic E-state index is 12.7. The van der Waals surface area contributed by atoms with Crippen molar-refractivity contribution in [2.45, 2.75) is 26.9 Å². The molecule has 3 rings (SSSR count). The minimum atomic E-state index is -2.58. The van der Waals surface area contributed by atoms with Crippen LogP contribution in [0.5, 0.6) is 5.88 Å². The fourth-order valence-corrected chi connectivity index (χ4v) is 2.68. The van der Waals surface area contributed by atoms with Crippen LogP contribution in [-0.2, 0) is 13.7 Å². The zero-order valence-electron chi connectivity index (χ0n) is 17.0. The quantitative estimate of drug-likeness (QED) is 0.549. The van der Waals surface area contributed by atoms with Crippen molar-refractivity contribution in [3.05, 3.63) is 53.0 Å². The van der Waals surface area contributed by atoms with Gasteiger partial charge in [-0.1, -0.05) is 10.8 Å². The molecule has 0 aliphatic carbocycles. The topological polar surface area (TPSA) is 91.0 Å². The van der Waals surface area contributed by atoms with E-state index in [9.17, 15) is 8.78 Å². The molecule has 8 nitrogen and oxygen atoms in total. The molecule has 30 heavy (non-hydrogen) atoms. The molecule has 0 radical (unpaired) electrons. The summed E-state index contributed by atoms with van der Waals surface area (Å²) >= 11 is 0. The summed E-state index contributed by atoms with van der Waals surface area (Å²) in [6.45, 7) is 4.06. The van der Waals surface area contributed by atoms with Gasteiger partial charge in [0.05, 0.1) is 11.4 Å². The fourth-order valence-electron chi connectivity index (χ4n) is 2.68. The van der Waals surface area contributed by atoms with Crippen molar-refractivity contribution in [3.8, 4) is 17.3 Å². The molecule has 0 aromatic carbocycles. The molecule has 0 bridgehead atoms. The Bertz CT molecular complexity index is 1050. The van der Waals surface area contributed by atoms with Crippen LogP contribution in [0.2, 0.25) is 0 Å². The van der Waals surface area contributed by atoms with Gasteiger partial charge in [-0.3, -0.25) is 9.98 Å². The summed E-state index contributed by atoms with van der Waals surface area (Å²) in [5.41, 5.74) is 4.01. The first-order chi connectivity index (χ1) is 14.4. The molecule has 0 aliphatic rings. The maximum Gasteiger partial charge on any atom is 0.265 e. The summed E-state index contributed by atoms with van der Waals surface area (Å²) in [5.74, 6) is 0.327. The number of ether oxygens (including phenoxy) is 1. The number of aryl methyl sites for hydroxylation is 1. The van der Waals surface area contributed by atoms with E-state index >= 15 is 0 Å². The number of hydrogen-bond acceptors (Lipinski definition) is 7. The van der Waals surface area contributed by atoms with Crippen molar-refractivity contribution in [1.82, 2.24) is 30.2 Å². The predicted molar refractivity (Wildman–Crippen MR) is 108 cm³/mol. The van der Waals surface area contributed by atoms with Gasteiger partial charge in [0.25, 0.3) is 6.43 Å². The van der Waals surface area contributed by atoms with Crippen LogP contribution in [0, 0.1) is 0 Å². The molecule has 0 N–H and O–H groups in total. The zero-order chi connectivity index (χ0) is 21.7. The van der Waals surface area contributed by atoms with Gasteiger partial charge in [0.15, 0.2) is 0 Å². The standard InChI is InChI=1S/C20H21F2N7O/c1-12(2)14(10-23-3)15-7-8-18(26-25-15)30-11-17-19(27-28-29(17)4)16-6-5-13(9-24-16)20(21)22/h5-10,20H,11H2,1-4H3. The Balaban J connectivity index is 1.77. The first kappa shape index (κ1) is 21.2. The lowest BCUT2D eigenvalue weighted by Gasteiger charge is -2.08. The third-order valence-corrected chi connectivity index (χ3v) is 4.29. The highest BCUT2D eigenvalue weighted by molar-refractivity contribution is 6.09. The minimum absolute atomic E-state index is 0.108. The summed E-state index contributed by atoms with van der Waals surface area (Å²) in [6.07, 6.45) is 0.289. The number of allylic oxidation sites excluding steroid dienone is 2. The Labute approximate surface area is 172 Å². The molecule has 0 spiro atoms. The third-order valence-electron chi connectivity index (χ3n) is 4.29. The van der Waals surface area contributed by atoms with Crippen LogP contribution in [0.15, 0.2) is 41.0 Å². The SMILES string of the molecule is CN=CC(=C(C)C)c1ccc(OCc2c(-c3ccc(C(F)F)cn3)nnn2C)nn1. The lowest BCUT2D eigenvalue weighted by molar-refractivity contribution is 0.151. The van der Waals surface area contributed by atoms with Crippen molar-refractivity contribution in [1.29, 1.82) is 0 Å². The third kappa shape index (κ3) is 4.70. The van der Waals surface area contributed by atoms with E-state index in [0.717, 1.165) is 17.3 Å². The highest BCUT2D eigenvalue weighted by Crippen LogP contribution is 2.24. The number of aromatic nitrogens is 6. The monoisotopic (exact) mass is 413 g/mol. The summed E-state index contributed by atoms with van der Waals surface area (Å²) in [4.78, 5) is 8.11. The number of halogens is 2. The zero-order valence-corrected chi connectivity index (χ0v) is 17.0. The molecular formula is C20H21F2N7O. The van der Waals surface area contributed by atoms with Crippen LogP contribution in [0.1, 0.15) is 37.2 Å². The van der Waals surface area contributed by atoms with Gasteiger partial charge in [-0.05, 0) is 32.0 Å². The van der Waals surface area contributed by atoms with Crippen molar-refractivity contribution in [2.24, 2.45) is 12.0 Å². The number of hydrogen-bond donors (Lipinski definition) is 0. The Morgan fingerprint density at radius 2 is 1.97 bits per heavy atom. The Morgan fingerprint density at radius 1 is 1.17 bits per heavy atom. The van der Waals surface area contributed by atoms with Crippen LogP contribution in [-0.4, -0.2) is 43.4 Å². The van der Waals surface area contributed by atoms with Crippen molar-refractivity contribution < 1.29 is 13.5 Å². The van der Waals surface area contributed by atoms with Gasteiger partial charge < -0.3 is 4.74 Å². The molecule has 0 saturated carbocycles. The molecule has 3 aromatic heterocycles. The van der Waals surface area contributed by atoms with Gasteiger partial charge in [0, 0.05) is 43.7 Å².